The van der Waals surface area contributed by atoms with Crippen molar-refractivity contribution in [2.45, 2.75) is 0 Å². The van der Waals surface area contributed by atoms with Crippen LogP contribution in [0.2, 0.25) is 5.02 Å². The Morgan fingerprint density at radius 1 is 0.909 bits per heavy atom. The molecule has 5 nitrogen and oxygen atoms in total. The molecule has 1 N–H and O–H groups in total. The first-order chi connectivity index (χ1) is 10.7. The maximum atomic E-state index is 5.83. The van der Waals surface area contributed by atoms with Crippen molar-refractivity contribution in [2.24, 2.45) is 5.10 Å². The van der Waals surface area contributed by atoms with Crippen molar-refractivity contribution in [3.05, 3.63) is 47.0 Å². The van der Waals surface area contributed by atoms with Gasteiger partial charge >= 0.3 is 0 Å². The van der Waals surface area contributed by atoms with E-state index in [-0.39, 0.29) is 0 Å². The lowest BCUT2D eigenvalue weighted by Gasteiger charge is -2.11. The molecule has 0 fully saturated rings. The first-order valence-electron chi connectivity index (χ1n) is 6.52. The minimum Gasteiger partial charge on any atom is -0.496 e. The summed E-state index contributed by atoms with van der Waals surface area (Å²) in [4.78, 5) is 0. The molecule has 22 heavy (non-hydrogen) atoms. The molecule has 2 rings (SSSR count). The van der Waals surface area contributed by atoms with Crippen molar-refractivity contribution in [3.8, 4) is 17.2 Å². The standard InChI is InChI=1S/C16H17ClN2O3/c1-20-14-9-16(22-3)15(21-2)8-11(14)10-18-19-13-6-4-12(17)5-7-13/h4-10,19H,1-3H3/b18-10+. The molecule has 0 aromatic heterocycles. The molecule has 116 valence electrons. The zero-order valence-corrected chi connectivity index (χ0v) is 13.3. The second-order valence-electron chi connectivity index (χ2n) is 4.33. The van der Waals surface area contributed by atoms with Crippen LogP contribution >= 0.6 is 11.6 Å². The Balaban J connectivity index is 2.20. The average Bonchev–Trinajstić information content (AvgIpc) is 2.56. The first kappa shape index (κ1) is 16.0. The monoisotopic (exact) mass is 320 g/mol. The Bertz CT molecular complexity index is 657. The number of anilines is 1. The second kappa shape index (κ2) is 7.56. The molecule has 0 atom stereocenters. The lowest BCUT2D eigenvalue weighted by Crippen LogP contribution is -1.98. The van der Waals surface area contributed by atoms with Crippen LogP contribution in [0.3, 0.4) is 0 Å². The fraction of sp³-hybridized carbons (Fsp3) is 0.188. The predicted octanol–water partition coefficient (Wildman–Crippen LogP) is 3.81. The number of nitrogens with one attached hydrogen (secondary N) is 1. The zero-order chi connectivity index (χ0) is 15.9. The van der Waals surface area contributed by atoms with Crippen molar-refractivity contribution < 1.29 is 14.2 Å². The summed E-state index contributed by atoms with van der Waals surface area (Å²) in [6.45, 7) is 0. The highest BCUT2D eigenvalue weighted by Gasteiger charge is 2.10. The van der Waals surface area contributed by atoms with Gasteiger partial charge in [0, 0.05) is 16.7 Å². The third-order valence-electron chi connectivity index (χ3n) is 2.98. The molecule has 0 amide bonds. The summed E-state index contributed by atoms with van der Waals surface area (Å²) < 4.78 is 15.9. The van der Waals surface area contributed by atoms with Gasteiger partial charge < -0.3 is 14.2 Å². The highest BCUT2D eigenvalue weighted by atomic mass is 35.5. The topological polar surface area (TPSA) is 52.1 Å². The van der Waals surface area contributed by atoms with E-state index >= 15 is 0 Å². The normalized spacial score (nSPS) is 10.5. The van der Waals surface area contributed by atoms with E-state index < -0.39 is 0 Å². The van der Waals surface area contributed by atoms with Crippen molar-refractivity contribution in [1.29, 1.82) is 0 Å². The van der Waals surface area contributed by atoms with E-state index in [0.717, 1.165) is 11.3 Å². The fourth-order valence-corrected chi connectivity index (χ4v) is 1.98. The van der Waals surface area contributed by atoms with Crippen LogP contribution in [-0.4, -0.2) is 27.5 Å². The molecule has 2 aromatic carbocycles. The summed E-state index contributed by atoms with van der Waals surface area (Å²) in [5.41, 5.74) is 4.52. The van der Waals surface area contributed by atoms with E-state index in [0.29, 0.717) is 22.3 Å². The number of halogens is 1. The number of hydrazone groups is 1. The first-order valence-corrected chi connectivity index (χ1v) is 6.90. The van der Waals surface area contributed by atoms with Gasteiger partial charge in [0.2, 0.25) is 0 Å². The molecule has 6 heteroatoms. The number of hydrogen-bond donors (Lipinski definition) is 1. The molecule has 0 saturated heterocycles. The van der Waals surface area contributed by atoms with E-state index in [2.05, 4.69) is 10.5 Å². The quantitative estimate of drug-likeness (QED) is 0.649. The Morgan fingerprint density at radius 2 is 1.50 bits per heavy atom. The molecule has 0 saturated carbocycles. The summed E-state index contributed by atoms with van der Waals surface area (Å²) in [5.74, 6) is 1.85. The molecular formula is C16H17ClN2O3. The van der Waals surface area contributed by atoms with E-state index in [1.165, 1.54) is 0 Å². The lowest BCUT2D eigenvalue weighted by atomic mass is 10.2. The van der Waals surface area contributed by atoms with Crippen LogP contribution in [-0.2, 0) is 0 Å². The van der Waals surface area contributed by atoms with E-state index in [1.807, 2.05) is 12.1 Å². The van der Waals surface area contributed by atoms with Crippen LogP contribution in [0.4, 0.5) is 5.69 Å². The number of hydrogen-bond acceptors (Lipinski definition) is 5. The lowest BCUT2D eigenvalue weighted by molar-refractivity contribution is 0.349. The van der Waals surface area contributed by atoms with E-state index in [1.54, 1.807) is 51.8 Å². The van der Waals surface area contributed by atoms with Crippen molar-refractivity contribution >= 4 is 23.5 Å². The minimum absolute atomic E-state index is 0.599. The molecule has 2 aromatic rings. The Hall–Kier alpha value is -2.40. The fourth-order valence-electron chi connectivity index (χ4n) is 1.85. The Kier molecular flexibility index (Phi) is 5.49. The van der Waals surface area contributed by atoms with Crippen molar-refractivity contribution in [1.82, 2.24) is 0 Å². The molecule has 0 aliphatic carbocycles. The van der Waals surface area contributed by atoms with Crippen LogP contribution in [0.1, 0.15) is 5.56 Å². The number of rotatable bonds is 6. The minimum atomic E-state index is 0.599. The maximum Gasteiger partial charge on any atom is 0.164 e. The van der Waals surface area contributed by atoms with Crippen LogP contribution in [0.15, 0.2) is 41.5 Å². The highest BCUT2D eigenvalue weighted by Crippen LogP contribution is 2.33. The molecule has 0 spiro atoms. The van der Waals surface area contributed by atoms with Crippen LogP contribution in [0.5, 0.6) is 17.2 Å². The maximum absolute atomic E-state index is 5.83. The van der Waals surface area contributed by atoms with Gasteiger partial charge in [-0.3, -0.25) is 5.43 Å². The highest BCUT2D eigenvalue weighted by molar-refractivity contribution is 6.30. The number of ether oxygens (including phenoxy) is 3. The van der Waals surface area contributed by atoms with Gasteiger partial charge in [-0.1, -0.05) is 11.6 Å². The third-order valence-corrected chi connectivity index (χ3v) is 3.23. The third kappa shape index (κ3) is 3.83. The summed E-state index contributed by atoms with van der Waals surface area (Å²) in [7, 11) is 4.75. The summed E-state index contributed by atoms with van der Waals surface area (Å²) in [6.07, 6.45) is 1.65. The van der Waals surface area contributed by atoms with Gasteiger partial charge in [0.15, 0.2) is 11.5 Å². The molecule has 0 heterocycles. The smallest absolute Gasteiger partial charge is 0.164 e. The SMILES string of the molecule is COc1cc(OC)c(OC)cc1/C=N/Nc1ccc(Cl)cc1. The van der Waals surface area contributed by atoms with Crippen LogP contribution in [0, 0.1) is 0 Å². The second-order valence-corrected chi connectivity index (χ2v) is 4.76. The van der Waals surface area contributed by atoms with Gasteiger partial charge in [-0.2, -0.15) is 5.10 Å². The van der Waals surface area contributed by atoms with Crippen molar-refractivity contribution in [2.75, 3.05) is 26.8 Å². The summed E-state index contributed by atoms with van der Waals surface area (Å²) in [6, 6.07) is 10.8. The number of nitrogens with zero attached hydrogens (tertiary/aromatic N) is 1. The molecule has 0 radical (unpaired) electrons. The largest absolute Gasteiger partial charge is 0.496 e. The molecular weight excluding hydrogens is 304 g/mol. The predicted molar refractivity (Wildman–Crippen MR) is 88.8 cm³/mol. The molecule has 0 aliphatic heterocycles. The van der Waals surface area contributed by atoms with E-state index in [4.69, 9.17) is 25.8 Å². The van der Waals surface area contributed by atoms with Gasteiger partial charge in [0.25, 0.3) is 0 Å². The molecule has 0 aliphatic rings. The molecule has 0 unspecified atom stereocenters. The van der Waals surface area contributed by atoms with Gasteiger partial charge in [0.05, 0.1) is 33.2 Å². The van der Waals surface area contributed by atoms with Crippen LogP contribution < -0.4 is 19.6 Å². The average molecular weight is 321 g/mol. The van der Waals surface area contributed by atoms with Gasteiger partial charge in [-0.15, -0.1) is 0 Å². The number of methoxy groups -OCH3 is 3. The zero-order valence-electron chi connectivity index (χ0n) is 12.6. The van der Waals surface area contributed by atoms with Gasteiger partial charge in [-0.05, 0) is 30.3 Å². The Labute approximate surface area is 134 Å². The summed E-state index contributed by atoms with van der Waals surface area (Å²) in [5, 5.41) is 4.86. The number of benzene rings is 2. The van der Waals surface area contributed by atoms with Gasteiger partial charge in [-0.25, -0.2) is 0 Å². The van der Waals surface area contributed by atoms with Crippen LogP contribution in [0.25, 0.3) is 0 Å². The Morgan fingerprint density at radius 3 is 2.09 bits per heavy atom. The molecule has 0 bridgehead atoms. The van der Waals surface area contributed by atoms with E-state index in [9.17, 15) is 0 Å². The van der Waals surface area contributed by atoms with Gasteiger partial charge in [0.1, 0.15) is 5.75 Å². The summed E-state index contributed by atoms with van der Waals surface area (Å²) >= 11 is 5.83. The van der Waals surface area contributed by atoms with Crippen molar-refractivity contribution in [3.63, 3.8) is 0 Å².